The van der Waals surface area contributed by atoms with Crippen LogP contribution in [0.3, 0.4) is 0 Å². The predicted octanol–water partition coefficient (Wildman–Crippen LogP) is 3.63. The van der Waals surface area contributed by atoms with E-state index in [9.17, 15) is 4.79 Å². The molecule has 1 fully saturated rings. The fraction of sp³-hybridized carbons (Fsp3) is 0.333. The second-order valence-corrected chi connectivity index (χ2v) is 7.19. The highest BCUT2D eigenvalue weighted by atomic mass is 32.1. The molecule has 1 atom stereocenters. The molecule has 6 heteroatoms. The van der Waals surface area contributed by atoms with Gasteiger partial charge in [-0.05, 0) is 47.8 Å². The van der Waals surface area contributed by atoms with E-state index >= 15 is 0 Å². The summed E-state index contributed by atoms with van der Waals surface area (Å²) in [6.07, 6.45) is 3.94. The van der Waals surface area contributed by atoms with Gasteiger partial charge in [-0.2, -0.15) is 5.10 Å². The van der Waals surface area contributed by atoms with Gasteiger partial charge in [-0.3, -0.25) is 9.58 Å². The highest BCUT2D eigenvalue weighted by molar-refractivity contribution is 7.17. The molecule has 1 aromatic carbocycles. The Kier molecular flexibility index (Phi) is 4.08. The lowest BCUT2D eigenvalue weighted by atomic mass is 10.0. The zero-order valence-corrected chi connectivity index (χ0v) is 14.1. The van der Waals surface area contributed by atoms with Crippen molar-refractivity contribution in [3.05, 3.63) is 53.2 Å². The summed E-state index contributed by atoms with van der Waals surface area (Å²) in [5.41, 5.74) is 1.49. The van der Waals surface area contributed by atoms with Gasteiger partial charge in [-0.1, -0.05) is 18.2 Å². The number of aromatic carboxylic acids is 1. The minimum atomic E-state index is -0.967. The number of thiophene rings is 1. The van der Waals surface area contributed by atoms with Crippen LogP contribution >= 0.6 is 11.3 Å². The molecule has 3 aromatic rings. The van der Waals surface area contributed by atoms with Gasteiger partial charge in [0.1, 0.15) is 0 Å². The SMILES string of the molecule is O=C(O)c1ccn(C2CCCN(Cc3cccc4ccsc34)C2)n1. The lowest BCUT2D eigenvalue weighted by molar-refractivity contribution is 0.0688. The van der Waals surface area contributed by atoms with Gasteiger partial charge < -0.3 is 5.11 Å². The monoisotopic (exact) mass is 341 g/mol. The van der Waals surface area contributed by atoms with Crippen molar-refractivity contribution in [2.24, 2.45) is 0 Å². The molecule has 1 aliphatic rings. The topological polar surface area (TPSA) is 58.4 Å². The zero-order chi connectivity index (χ0) is 16.5. The van der Waals surface area contributed by atoms with E-state index in [1.54, 1.807) is 23.6 Å². The van der Waals surface area contributed by atoms with E-state index in [2.05, 4.69) is 39.6 Å². The standard InChI is InChI=1S/C18H19N3O2S/c22-18(23)16-6-9-21(19-16)15-5-2-8-20(12-15)11-14-4-1-3-13-7-10-24-17(13)14/h1,3-4,6-7,9-10,15H,2,5,8,11-12H2,(H,22,23). The van der Waals surface area contributed by atoms with Crippen molar-refractivity contribution in [2.75, 3.05) is 13.1 Å². The van der Waals surface area contributed by atoms with Crippen LogP contribution in [0.15, 0.2) is 41.9 Å². The Hall–Kier alpha value is -2.18. The van der Waals surface area contributed by atoms with Crippen LogP contribution in [-0.4, -0.2) is 38.8 Å². The number of hydrogen-bond acceptors (Lipinski definition) is 4. The van der Waals surface area contributed by atoms with Gasteiger partial charge >= 0.3 is 5.97 Å². The highest BCUT2D eigenvalue weighted by Crippen LogP contribution is 2.28. The van der Waals surface area contributed by atoms with E-state index in [4.69, 9.17) is 5.11 Å². The van der Waals surface area contributed by atoms with Gasteiger partial charge in [0.2, 0.25) is 0 Å². The Balaban J connectivity index is 1.50. The fourth-order valence-electron chi connectivity index (χ4n) is 3.47. The average Bonchev–Trinajstić information content (AvgIpc) is 3.25. The van der Waals surface area contributed by atoms with Crippen LogP contribution in [0.2, 0.25) is 0 Å². The van der Waals surface area contributed by atoms with Gasteiger partial charge in [0, 0.05) is 24.0 Å². The summed E-state index contributed by atoms with van der Waals surface area (Å²) in [5.74, 6) is -0.967. The first kappa shape index (κ1) is 15.4. The quantitative estimate of drug-likeness (QED) is 0.787. The summed E-state index contributed by atoms with van der Waals surface area (Å²) in [6.45, 7) is 2.91. The molecular formula is C18H19N3O2S. The molecular weight excluding hydrogens is 322 g/mol. The van der Waals surface area contributed by atoms with Crippen LogP contribution in [0.4, 0.5) is 0 Å². The first-order valence-corrected chi connectivity index (χ1v) is 9.04. The molecule has 124 valence electrons. The van der Waals surface area contributed by atoms with Gasteiger partial charge in [-0.15, -0.1) is 11.3 Å². The Morgan fingerprint density at radius 3 is 3.08 bits per heavy atom. The van der Waals surface area contributed by atoms with Crippen molar-refractivity contribution in [1.29, 1.82) is 0 Å². The number of hydrogen-bond donors (Lipinski definition) is 1. The first-order valence-electron chi connectivity index (χ1n) is 8.16. The second-order valence-electron chi connectivity index (χ2n) is 6.27. The summed E-state index contributed by atoms with van der Waals surface area (Å²) >= 11 is 1.80. The summed E-state index contributed by atoms with van der Waals surface area (Å²) in [4.78, 5) is 13.5. The van der Waals surface area contributed by atoms with Crippen LogP contribution in [0.5, 0.6) is 0 Å². The van der Waals surface area contributed by atoms with Crippen molar-refractivity contribution in [3.8, 4) is 0 Å². The van der Waals surface area contributed by atoms with Crippen LogP contribution < -0.4 is 0 Å². The van der Waals surface area contributed by atoms with Crippen molar-refractivity contribution >= 4 is 27.4 Å². The molecule has 3 heterocycles. The molecule has 1 unspecified atom stereocenters. The van der Waals surface area contributed by atoms with Crippen molar-refractivity contribution < 1.29 is 9.90 Å². The maximum Gasteiger partial charge on any atom is 0.356 e. The maximum absolute atomic E-state index is 11.0. The number of carboxylic acids is 1. The summed E-state index contributed by atoms with van der Waals surface area (Å²) in [5, 5.41) is 16.7. The van der Waals surface area contributed by atoms with E-state index in [1.165, 1.54) is 15.6 Å². The van der Waals surface area contributed by atoms with Gasteiger partial charge in [-0.25, -0.2) is 4.79 Å². The smallest absolute Gasteiger partial charge is 0.356 e. The minimum absolute atomic E-state index is 0.121. The molecule has 24 heavy (non-hydrogen) atoms. The van der Waals surface area contributed by atoms with Crippen molar-refractivity contribution in [2.45, 2.75) is 25.4 Å². The number of aromatic nitrogens is 2. The number of rotatable bonds is 4. The molecule has 2 aromatic heterocycles. The number of carbonyl (C=O) groups is 1. The number of piperidine rings is 1. The molecule has 4 rings (SSSR count). The number of likely N-dealkylation sites (tertiary alicyclic amines) is 1. The van der Waals surface area contributed by atoms with E-state index in [0.29, 0.717) is 0 Å². The molecule has 0 aliphatic carbocycles. The molecule has 0 spiro atoms. The van der Waals surface area contributed by atoms with Crippen molar-refractivity contribution in [1.82, 2.24) is 14.7 Å². The Morgan fingerprint density at radius 1 is 1.33 bits per heavy atom. The van der Waals surface area contributed by atoms with Crippen LogP contribution in [0.25, 0.3) is 10.1 Å². The molecule has 0 amide bonds. The highest BCUT2D eigenvalue weighted by Gasteiger charge is 2.23. The molecule has 1 saturated heterocycles. The lowest BCUT2D eigenvalue weighted by Gasteiger charge is -2.33. The van der Waals surface area contributed by atoms with Crippen LogP contribution in [-0.2, 0) is 6.54 Å². The first-order chi connectivity index (χ1) is 11.7. The number of carboxylic acid groups (broad SMARTS) is 1. The predicted molar refractivity (Wildman–Crippen MR) is 94.6 cm³/mol. The van der Waals surface area contributed by atoms with E-state index in [0.717, 1.165) is 32.5 Å². The molecule has 5 nitrogen and oxygen atoms in total. The molecule has 1 N–H and O–H groups in total. The Labute approximate surface area is 144 Å². The average molecular weight is 341 g/mol. The third-order valence-corrected chi connectivity index (χ3v) is 5.64. The van der Waals surface area contributed by atoms with Crippen LogP contribution in [0.1, 0.15) is 34.9 Å². The van der Waals surface area contributed by atoms with Crippen molar-refractivity contribution in [3.63, 3.8) is 0 Å². The number of benzene rings is 1. The third-order valence-electron chi connectivity index (χ3n) is 4.64. The molecule has 0 saturated carbocycles. The molecule has 1 aliphatic heterocycles. The Morgan fingerprint density at radius 2 is 2.25 bits per heavy atom. The number of nitrogens with zero attached hydrogens (tertiary/aromatic N) is 3. The largest absolute Gasteiger partial charge is 0.476 e. The van der Waals surface area contributed by atoms with E-state index < -0.39 is 5.97 Å². The summed E-state index contributed by atoms with van der Waals surface area (Å²) in [7, 11) is 0. The second kappa shape index (κ2) is 6.37. The Bertz CT molecular complexity index is 870. The van der Waals surface area contributed by atoms with E-state index in [1.807, 2.05) is 4.68 Å². The molecule has 0 radical (unpaired) electrons. The van der Waals surface area contributed by atoms with Crippen LogP contribution in [0, 0.1) is 0 Å². The minimum Gasteiger partial charge on any atom is -0.476 e. The normalized spacial score (nSPS) is 18.9. The third kappa shape index (κ3) is 2.95. The molecule has 0 bridgehead atoms. The van der Waals surface area contributed by atoms with Gasteiger partial charge in [0.25, 0.3) is 0 Å². The lowest BCUT2D eigenvalue weighted by Crippen LogP contribution is -2.36. The van der Waals surface area contributed by atoms with Gasteiger partial charge in [0.15, 0.2) is 5.69 Å². The maximum atomic E-state index is 11.0. The van der Waals surface area contributed by atoms with Gasteiger partial charge in [0.05, 0.1) is 6.04 Å². The van der Waals surface area contributed by atoms with E-state index in [-0.39, 0.29) is 11.7 Å². The fourth-order valence-corrected chi connectivity index (χ4v) is 4.37. The number of fused-ring (bicyclic) bond motifs is 1. The zero-order valence-electron chi connectivity index (χ0n) is 13.3. The summed E-state index contributed by atoms with van der Waals surface area (Å²) < 4.78 is 3.19. The summed E-state index contributed by atoms with van der Waals surface area (Å²) in [6, 6.07) is 10.5.